The van der Waals surface area contributed by atoms with Crippen LogP contribution in [-0.2, 0) is 6.42 Å². The van der Waals surface area contributed by atoms with Crippen molar-refractivity contribution in [2.45, 2.75) is 13.3 Å². The Bertz CT molecular complexity index is 461. The number of aromatic nitrogens is 1. The van der Waals surface area contributed by atoms with E-state index < -0.39 is 11.5 Å². The number of hydrogen-bond donors (Lipinski definition) is 2. The summed E-state index contributed by atoms with van der Waals surface area (Å²) in [6.45, 7) is 2.08. The second-order valence-corrected chi connectivity index (χ2v) is 3.17. The minimum atomic E-state index is -1.22. The maximum atomic E-state index is 11.3. The molecule has 2 heterocycles. The van der Waals surface area contributed by atoms with Crippen molar-refractivity contribution in [3.05, 3.63) is 27.2 Å². The number of rotatable bonds is 1. The van der Waals surface area contributed by atoms with E-state index in [4.69, 9.17) is 9.84 Å². The molecule has 0 radical (unpaired) electrons. The van der Waals surface area contributed by atoms with E-state index >= 15 is 0 Å². The fourth-order valence-corrected chi connectivity index (χ4v) is 1.65. The Morgan fingerprint density at radius 2 is 2.29 bits per heavy atom. The molecule has 0 saturated heterocycles. The van der Waals surface area contributed by atoms with Crippen LogP contribution in [0.5, 0.6) is 5.75 Å². The Labute approximate surface area is 79.3 Å². The third kappa shape index (κ3) is 1.09. The summed E-state index contributed by atoms with van der Waals surface area (Å²) in [5.74, 6) is -0.705. The molecule has 1 aromatic rings. The Hall–Kier alpha value is -1.78. The first-order valence-electron chi connectivity index (χ1n) is 4.23. The summed E-state index contributed by atoms with van der Waals surface area (Å²) in [4.78, 5) is 24.6. The molecule has 0 saturated carbocycles. The molecule has 1 aromatic heterocycles. The average Bonchev–Trinajstić information content (AvgIpc) is 2.50. The van der Waals surface area contributed by atoms with Crippen LogP contribution in [-0.4, -0.2) is 22.7 Å². The van der Waals surface area contributed by atoms with Gasteiger partial charge < -0.3 is 14.8 Å². The van der Waals surface area contributed by atoms with Gasteiger partial charge in [-0.1, -0.05) is 0 Å². The minimum absolute atomic E-state index is 0.231. The lowest BCUT2D eigenvalue weighted by atomic mass is 10.1. The third-order valence-electron chi connectivity index (χ3n) is 2.29. The first-order valence-corrected chi connectivity index (χ1v) is 4.23. The summed E-state index contributed by atoms with van der Waals surface area (Å²) >= 11 is 0. The van der Waals surface area contributed by atoms with Crippen LogP contribution in [0.2, 0.25) is 0 Å². The first-order chi connectivity index (χ1) is 6.61. The summed E-state index contributed by atoms with van der Waals surface area (Å²) in [5, 5.41) is 8.80. The Kier molecular flexibility index (Phi) is 1.80. The molecule has 0 spiro atoms. The van der Waals surface area contributed by atoms with Gasteiger partial charge in [-0.05, 0) is 6.92 Å². The lowest BCUT2D eigenvalue weighted by molar-refractivity contribution is 0.0693. The van der Waals surface area contributed by atoms with E-state index in [-0.39, 0.29) is 5.56 Å². The summed E-state index contributed by atoms with van der Waals surface area (Å²) < 4.78 is 5.24. The Morgan fingerprint density at radius 3 is 2.93 bits per heavy atom. The molecular formula is C9H9NO4. The summed E-state index contributed by atoms with van der Waals surface area (Å²) in [7, 11) is 0. The molecule has 0 atom stereocenters. The smallest absolute Gasteiger partial charge is 0.341 e. The van der Waals surface area contributed by atoms with E-state index in [9.17, 15) is 9.59 Å². The second kappa shape index (κ2) is 2.87. The van der Waals surface area contributed by atoms with Gasteiger partial charge in [0.05, 0.1) is 12.3 Å². The van der Waals surface area contributed by atoms with E-state index in [2.05, 4.69) is 4.98 Å². The third-order valence-corrected chi connectivity index (χ3v) is 2.29. The lowest BCUT2D eigenvalue weighted by Gasteiger charge is -2.05. The topological polar surface area (TPSA) is 79.4 Å². The number of nitrogens with one attached hydrogen (secondary N) is 1. The van der Waals surface area contributed by atoms with Gasteiger partial charge in [-0.3, -0.25) is 4.79 Å². The van der Waals surface area contributed by atoms with Gasteiger partial charge in [0.25, 0.3) is 5.56 Å². The van der Waals surface area contributed by atoms with Crippen molar-refractivity contribution in [2.24, 2.45) is 0 Å². The molecule has 0 bridgehead atoms. The zero-order chi connectivity index (χ0) is 10.3. The highest BCUT2D eigenvalue weighted by molar-refractivity contribution is 5.89. The van der Waals surface area contributed by atoms with E-state index in [0.29, 0.717) is 30.0 Å². The van der Waals surface area contributed by atoms with E-state index in [1.54, 1.807) is 6.92 Å². The highest BCUT2D eigenvalue weighted by atomic mass is 16.5. The first kappa shape index (κ1) is 8.80. The highest BCUT2D eigenvalue weighted by Crippen LogP contribution is 2.27. The predicted molar refractivity (Wildman–Crippen MR) is 48.0 cm³/mol. The van der Waals surface area contributed by atoms with E-state index in [1.165, 1.54) is 0 Å². The highest BCUT2D eigenvalue weighted by Gasteiger charge is 2.23. The molecule has 0 aliphatic carbocycles. The Morgan fingerprint density at radius 1 is 1.57 bits per heavy atom. The minimum Gasteiger partial charge on any atom is -0.491 e. The number of hydrogen-bond acceptors (Lipinski definition) is 3. The van der Waals surface area contributed by atoms with Gasteiger partial charge in [0.15, 0.2) is 0 Å². The average molecular weight is 195 g/mol. The number of aromatic carboxylic acids is 1. The van der Waals surface area contributed by atoms with Crippen molar-refractivity contribution >= 4 is 5.97 Å². The maximum absolute atomic E-state index is 11.3. The number of aromatic amines is 1. The molecule has 0 amide bonds. The number of fused-ring (bicyclic) bond motifs is 1. The van der Waals surface area contributed by atoms with Crippen LogP contribution in [0.1, 0.15) is 21.6 Å². The molecule has 5 heteroatoms. The van der Waals surface area contributed by atoms with Gasteiger partial charge in [0, 0.05) is 12.0 Å². The molecule has 0 aromatic carbocycles. The van der Waals surface area contributed by atoms with Gasteiger partial charge >= 0.3 is 5.97 Å². The van der Waals surface area contributed by atoms with Crippen LogP contribution in [0.3, 0.4) is 0 Å². The van der Waals surface area contributed by atoms with Crippen LogP contribution in [0.4, 0.5) is 0 Å². The van der Waals surface area contributed by atoms with Crippen LogP contribution >= 0.6 is 0 Å². The molecule has 0 fully saturated rings. The number of carbonyl (C=O) groups is 1. The number of pyridine rings is 1. The second-order valence-electron chi connectivity index (χ2n) is 3.17. The van der Waals surface area contributed by atoms with Crippen LogP contribution in [0.15, 0.2) is 4.79 Å². The zero-order valence-corrected chi connectivity index (χ0v) is 7.59. The summed E-state index contributed by atoms with van der Waals surface area (Å²) in [6, 6.07) is 0. The van der Waals surface area contributed by atoms with Crippen molar-refractivity contribution < 1.29 is 14.6 Å². The molecule has 5 nitrogen and oxygen atoms in total. The number of carboxylic acids is 1. The number of carboxylic acid groups (broad SMARTS) is 1. The Balaban J connectivity index is 2.75. The van der Waals surface area contributed by atoms with Gasteiger partial charge in [-0.25, -0.2) is 4.79 Å². The van der Waals surface area contributed by atoms with Crippen molar-refractivity contribution in [3.8, 4) is 5.75 Å². The number of H-pyrrole nitrogens is 1. The van der Waals surface area contributed by atoms with E-state index in [1.807, 2.05) is 0 Å². The molecule has 14 heavy (non-hydrogen) atoms. The fourth-order valence-electron chi connectivity index (χ4n) is 1.65. The summed E-state index contributed by atoms with van der Waals surface area (Å²) in [6.07, 6.45) is 0.630. The fraction of sp³-hybridized carbons (Fsp3) is 0.333. The van der Waals surface area contributed by atoms with Gasteiger partial charge in [-0.15, -0.1) is 0 Å². The quantitative estimate of drug-likeness (QED) is 0.676. The molecule has 2 rings (SSSR count). The standard InChI is InChI=1S/C9H9NO4/c1-4-6(9(12)13)8(11)10-5-2-3-14-7(4)5/h2-3H2,1H3,(H,10,11)(H,12,13). The van der Waals surface area contributed by atoms with E-state index in [0.717, 1.165) is 0 Å². The van der Waals surface area contributed by atoms with Crippen molar-refractivity contribution in [3.63, 3.8) is 0 Å². The largest absolute Gasteiger partial charge is 0.491 e. The van der Waals surface area contributed by atoms with Crippen LogP contribution < -0.4 is 10.3 Å². The van der Waals surface area contributed by atoms with Gasteiger partial charge in [-0.2, -0.15) is 0 Å². The molecule has 0 unspecified atom stereocenters. The van der Waals surface area contributed by atoms with Gasteiger partial charge in [0.2, 0.25) is 0 Å². The molecule has 74 valence electrons. The SMILES string of the molecule is Cc1c2c([nH]c(=O)c1C(=O)O)CCO2. The zero-order valence-electron chi connectivity index (χ0n) is 7.59. The van der Waals surface area contributed by atoms with Crippen molar-refractivity contribution in [2.75, 3.05) is 6.61 Å². The van der Waals surface area contributed by atoms with Crippen molar-refractivity contribution in [1.82, 2.24) is 4.98 Å². The molecule has 2 N–H and O–H groups in total. The maximum Gasteiger partial charge on any atom is 0.341 e. The summed E-state index contributed by atoms with van der Waals surface area (Å²) in [5.41, 5.74) is 0.316. The van der Waals surface area contributed by atoms with Gasteiger partial charge in [0.1, 0.15) is 11.3 Å². The molecule has 1 aliphatic rings. The predicted octanol–water partition coefficient (Wildman–Crippen LogP) is 0.316. The monoisotopic (exact) mass is 195 g/mol. The lowest BCUT2D eigenvalue weighted by Crippen LogP contribution is -2.20. The molecular weight excluding hydrogens is 186 g/mol. The normalized spacial score (nSPS) is 13.5. The van der Waals surface area contributed by atoms with Crippen molar-refractivity contribution in [1.29, 1.82) is 0 Å². The van der Waals surface area contributed by atoms with Crippen LogP contribution in [0.25, 0.3) is 0 Å². The van der Waals surface area contributed by atoms with Crippen LogP contribution in [0, 0.1) is 6.92 Å². The molecule has 1 aliphatic heterocycles. The number of ether oxygens (including phenoxy) is 1.